The maximum Gasteiger partial charge on any atom is 0.0675 e. The molecule has 0 aromatic carbocycles. The molecule has 0 spiro atoms. The molecule has 0 aromatic heterocycles. The van der Waals surface area contributed by atoms with Crippen LogP contribution in [0.15, 0.2) is 12.2 Å². The van der Waals surface area contributed by atoms with Gasteiger partial charge < -0.3 is 10.1 Å². The normalized spacial score (nSPS) is 13.8. The van der Waals surface area contributed by atoms with Crippen LogP contribution in [0.3, 0.4) is 0 Å². The second-order valence-electron chi connectivity index (χ2n) is 3.27. The molecule has 1 unspecified atom stereocenters. The van der Waals surface area contributed by atoms with E-state index in [9.17, 15) is 0 Å². The SMILES string of the molecule is CC=CCOC(C)CNCCCC. The highest BCUT2D eigenvalue weighted by atomic mass is 16.5. The second kappa shape index (κ2) is 9.75. The van der Waals surface area contributed by atoms with Crippen molar-refractivity contribution in [3.63, 3.8) is 0 Å². The Hall–Kier alpha value is -0.340. The van der Waals surface area contributed by atoms with Crippen molar-refractivity contribution in [2.45, 2.75) is 39.7 Å². The molecule has 0 aromatic rings. The summed E-state index contributed by atoms with van der Waals surface area (Å²) in [4.78, 5) is 0. The predicted octanol–water partition coefficient (Wildman–Crippen LogP) is 2.36. The molecule has 2 nitrogen and oxygen atoms in total. The smallest absolute Gasteiger partial charge is 0.0675 e. The zero-order valence-electron chi connectivity index (χ0n) is 9.18. The number of ether oxygens (including phenoxy) is 1. The van der Waals surface area contributed by atoms with Gasteiger partial charge in [-0.2, -0.15) is 0 Å². The summed E-state index contributed by atoms with van der Waals surface area (Å²) in [5, 5.41) is 3.36. The minimum absolute atomic E-state index is 0.313. The van der Waals surface area contributed by atoms with Crippen LogP contribution in [0.25, 0.3) is 0 Å². The topological polar surface area (TPSA) is 21.3 Å². The number of allylic oxidation sites excluding steroid dienone is 1. The number of unbranched alkanes of at least 4 members (excludes halogenated alkanes) is 1. The third-order valence-electron chi connectivity index (χ3n) is 1.85. The molecule has 0 heterocycles. The number of nitrogens with one attached hydrogen (secondary N) is 1. The van der Waals surface area contributed by atoms with E-state index in [2.05, 4.69) is 19.2 Å². The van der Waals surface area contributed by atoms with Gasteiger partial charge in [-0.1, -0.05) is 25.5 Å². The summed E-state index contributed by atoms with van der Waals surface area (Å²) in [5.41, 5.74) is 0. The molecular formula is C11H23NO. The summed E-state index contributed by atoms with van der Waals surface area (Å²) >= 11 is 0. The quantitative estimate of drug-likeness (QED) is 0.463. The first-order valence-electron chi connectivity index (χ1n) is 5.24. The largest absolute Gasteiger partial charge is 0.373 e. The summed E-state index contributed by atoms with van der Waals surface area (Å²) in [7, 11) is 0. The monoisotopic (exact) mass is 185 g/mol. The average Bonchev–Trinajstić information content (AvgIpc) is 2.13. The molecular weight excluding hydrogens is 162 g/mol. The fraction of sp³-hybridized carbons (Fsp3) is 0.818. The Morgan fingerprint density at radius 1 is 1.46 bits per heavy atom. The Balaban J connectivity index is 3.14. The molecule has 0 amide bonds. The van der Waals surface area contributed by atoms with Gasteiger partial charge >= 0.3 is 0 Å². The summed E-state index contributed by atoms with van der Waals surface area (Å²) in [6.07, 6.45) is 6.86. The highest BCUT2D eigenvalue weighted by Crippen LogP contribution is 1.90. The lowest BCUT2D eigenvalue weighted by Crippen LogP contribution is -2.27. The van der Waals surface area contributed by atoms with Gasteiger partial charge in [-0.25, -0.2) is 0 Å². The predicted molar refractivity (Wildman–Crippen MR) is 58.0 cm³/mol. The molecule has 0 aliphatic rings. The Bertz CT molecular complexity index is 123. The Kier molecular flexibility index (Phi) is 9.49. The van der Waals surface area contributed by atoms with Crippen LogP contribution in [-0.2, 0) is 4.74 Å². The zero-order chi connectivity index (χ0) is 9.94. The highest BCUT2D eigenvalue weighted by Gasteiger charge is 1.98. The first-order valence-corrected chi connectivity index (χ1v) is 5.24. The van der Waals surface area contributed by atoms with Crippen molar-refractivity contribution >= 4 is 0 Å². The summed E-state index contributed by atoms with van der Waals surface area (Å²) in [6, 6.07) is 0. The van der Waals surface area contributed by atoms with Gasteiger partial charge in [0.05, 0.1) is 12.7 Å². The van der Waals surface area contributed by atoms with Gasteiger partial charge in [-0.15, -0.1) is 0 Å². The Morgan fingerprint density at radius 2 is 2.23 bits per heavy atom. The summed E-state index contributed by atoms with van der Waals surface area (Å²) in [5.74, 6) is 0. The molecule has 0 fully saturated rings. The van der Waals surface area contributed by atoms with Crippen LogP contribution in [-0.4, -0.2) is 25.8 Å². The van der Waals surface area contributed by atoms with E-state index in [1.165, 1.54) is 12.8 Å². The standard InChI is InChI=1S/C11H23NO/c1-4-6-8-12-10-11(3)13-9-7-5-2/h5,7,11-12H,4,6,8-10H2,1-3H3. The van der Waals surface area contributed by atoms with Crippen LogP contribution in [0, 0.1) is 0 Å². The Labute approximate surface area is 82.4 Å². The van der Waals surface area contributed by atoms with Crippen LogP contribution < -0.4 is 5.32 Å². The van der Waals surface area contributed by atoms with Crippen LogP contribution in [0.2, 0.25) is 0 Å². The second-order valence-corrected chi connectivity index (χ2v) is 3.27. The molecule has 13 heavy (non-hydrogen) atoms. The van der Waals surface area contributed by atoms with Crippen LogP contribution in [0.5, 0.6) is 0 Å². The molecule has 1 N–H and O–H groups in total. The number of hydrogen-bond donors (Lipinski definition) is 1. The first-order chi connectivity index (χ1) is 6.31. The number of rotatable bonds is 8. The van der Waals surface area contributed by atoms with Crippen molar-refractivity contribution in [1.29, 1.82) is 0 Å². The van der Waals surface area contributed by atoms with Crippen molar-refractivity contribution in [2.75, 3.05) is 19.7 Å². The lowest BCUT2D eigenvalue weighted by molar-refractivity contribution is 0.0879. The van der Waals surface area contributed by atoms with Gasteiger partial charge in [-0.3, -0.25) is 0 Å². The molecule has 0 saturated carbocycles. The average molecular weight is 185 g/mol. The van der Waals surface area contributed by atoms with Gasteiger partial charge in [-0.05, 0) is 26.8 Å². The van der Waals surface area contributed by atoms with E-state index in [1.54, 1.807) is 0 Å². The van der Waals surface area contributed by atoms with Crippen LogP contribution in [0.1, 0.15) is 33.6 Å². The highest BCUT2D eigenvalue weighted by molar-refractivity contribution is 4.76. The molecule has 0 aliphatic carbocycles. The maximum atomic E-state index is 5.51. The van der Waals surface area contributed by atoms with Crippen LogP contribution >= 0.6 is 0 Å². The molecule has 1 atom stereocenters. The molecule has 0 rings (SSSR count). The van der Waals surface area contributed by atoms with Gasteiger partial charge in [0.1, 0.15) is 0 Å². The molecule has 78 valence electrons. The third-order valence-corrected chi connectivity index (χ3v) is 1.85. The molecule has 0 aliphatic heterocycles. The minimum atomic E-state index is 0.313. The molecule has 0 radical (unpaired) electrons. The van der Waals surface area contributed by atoms with E-state index in [-0.39, 0.29) is 0 Å². The molecule has 0 saturated heterocycles. The van der Waals surface area contributed by atoms with Crippen molar-refractivity contribution in [1.82, 2.24) is 5.32 Å². The first kappa shape index (κ1) is 12.7. The van der Waals surface area contributed by atoms with E-state index < -0.39 is 0 Å². The zero-order valence-corrected chi connectivity index (χ0v) is 9.18. The lowest BCUT2D eigenvalue weighted by Gasteiger charge is -2.12. The Morgan fingerprint density at radius 3 is 2.85 bits per heavy atom. The van der Waals surface area contributed by atoms with E-state index in [4.69, 9.17) is 4.74 Å². The summed E-state index contributed by atoms with van der Waals surface area (Å²) in [6.45, 7) is 9.10. The summed E-state index contributed by atoms with van der Waals surface area (Å²) < 4.78 is 5.51. The molecule has 2 heteroatoms. The van der Waals surface area contributed by atoms with Crippen molar-refractivity contribution in [2.24, 2.45) is 0 Å². The van der Waals surface area contributed by atoms with E-state index in [0.29, 0.717) is 6.10 Å². The van der Waals surface area contributed by atoms with Gasteiger partial charge in [0, 0.05) is 6.54 Å². The van der Waals surface area contributed by atoms with Gasteiger partial charge in [0.25, 0.3) is 0 Å². The van der Waals surface area contributed by atoms with E-state index in [0.717, 1.165) is 19.7 Å². The van der Waals surface area contributed by atoms with Crippen molar-refractivity contribution < 1.29 is 4.74 Å². The fourth-order valence-electron chi connectivity index (χ4n) is 0.982. The van der Waals surface area contributed by atoms with Crippen LogP contribution in [0.4, 0.5) is 0 Å². The van der Waals surface area contributed by atoms with Gasteiger partial charge in [0.2, 0.25) is 0 Å². The fourth-order valence-corrected chi connectivity index (χ4v) is 0.982. The third kappa shape index (κ3) is 9.57. The van der Waals surface area contributed by atoms with Gasteiger partial charge in [0.15, 0.2) is 0 Å². The van der Waals surface area contributed by atoms with Crippen molar-refractivity contribution in [3.8, 4) is 0 Å². The maximum absolute atomic E-state index is 5.51. The lowest BCUT2D eigenvalue weighted by atomic mass is 10.3. The number of hydrogen-bond acceptors (Lipinski definition) is 2. The van der Waals surface area contributed by atoms with Crippen molar-refractivity contribution in [3.05, 3.63) is 12.2 Å². The van der Waals surface area contributed by atoms with E-state index >= 15 is 0 Å². The van der Waals surface area contributed by atoms with E-state index in [1.807, 2.05) is 19.1 Å². The molecule has 0 bridgehead atoms. The minimum Gasteiger partial charge on any atom is -0.373 e.